The van der Waals surface area contributed by atoms with Crippen molar-refractivity contribution >= 4 is 29.1 Å². The highest BCUT2D eigenvalue weighted by Crippen LogP contribution is 2.38. The number of hydrogen-bond acceptors (Lipinski definition) is 3. The first kappa shape index (κ1) is 21.9. The minimum absolute atomic E-state index is 0.0323. The van der Waals surface area contributed by atoms with Crippen LogP contribution in [0.5, 0.6) is 0 Å². The molecule has 1 aromatic rings. The van der Waals surface area contributed by atoms with E-state index >= 15 is 0 Å². The molecule has 0 spiro atoms. The monoisotopic (exact) mass is 431 g/mol. The maximum atomic E-state index is 12.9. The molecule has 1 aromatic carbocycles. The molecule has 3 aliphatic rings. The third kappa shape index (κ3) is 4.22. The highest BCUT2D eigenvalue weighted by molar-refractivity contribution is 6.12. The van der Waals surface area contributed by atoms with Crippen LogP contribution >= 0.6 is 0 Å². The van der Waals surface area contributed by atoms with Gasteiger partial charge in [-0.25, -0.2) is 4.99 Å². The number of carbonyl (C=O) groups is 3. The Kier molecular flexibility index (Phi) is 5.49. The Morgan fingerprint density at radius 3 is 2.56 bits per heavy atom. The van der Waals surface area contributed by atoms with Crippen LogP contribution in [0.25, 0.3) is 0 Å². The third-order valence-electron chi connectivity index (χ3n) is 6.37. The molecule has 0 aromatic heterocycles. The first-order chi connectivity index (χ1) is 15.0. The summed E-state index contributed by atoms with van der Waals surface area (Å²) in [4.78, 5) is 43.6. The molecule has 2 atom stereocenters. The van der Waals surface area contributed by atoms with Gasteiger partial charge in [-0.2, -0.15) is 0 Å². The number of carbonyl (C=O) groups excluding carboxylic acids is 3. The average Bonchev–Trinajstić information content (AvgIpc) is 3.10. The van der Waals surface area contributed by atoms with E-state index in [-0.39, 0.29) is 35.5 Å². The predicted molar refractivity (Wildman–Crippen MR) is 125 cm³/mol. The summed E-state index contributed by atoms with van der Waals surface area (Å²) >= 11 is 0. The van der Waals surface area contributed by atoms with Gasteiger partial charge in [0.1, 0.15) is 0 Å². The summed E-state index contributed by atoms with van der Waals surface area (Å²) in [5, 5.41) is 2.88. The van der Waals surface area contributed by atoms with Crippen molar-refractivity contribution in [3.63, 3.8) is 0 Å². The van der Waals surface area contributed by atoms with E-state index in [0.717, 1.165) is 28.1 Å². The number of rotatable bonds is 2. The molecule has 0 bridgehead atoms. The smallest absolute Gasteiger partial charge is 0.251 e. The van der Waals surface area contributed by atoms with Crippen LogP contribution in [0.3, 0.4) is 0 Å². The summed E-state index contributed by atoms with van der Waals surface area (Å²) in [6, 6.07) is 5.88. The molecule has 6 nitrogen and oxygen atoms in total. The number of nitrogens with one attached hydrogen (secondary N) is 1. The number of nitrogens with zero attached hydrogens (tertiary/aromatic N) is 2. The molecule has 4 rings (SSSR count). The van der Waals surface area contributed by atoms with E-state index in [0.29, 0.717) is 12.3 Å². The molecular weight excluding hydrogens is 402 g/mol. The lowest BCUT2D eigenvalue weighted by molar-refractivity contribution is -0.123. The number of anilines is 1. The van der Waals surface area contributed by atoms with Crippen LogP contribution in [0.15, 0.2) is 58.8 Å². The minimum atomic E-state index is -0.480. The van der Waals surface area contributed by atoms with Crippen LogP contribution < -0.4 is 10.2 Å². The fourth-order valence-electron chi connectivity index (χ4n) is 4.38. The maximum absolute atomic E-state index is 12.9. The number of aryl methyl sites for hydroxylation is 2. The van der Waals surface area contributed by atoms with Gasteiger partial charge in [-0.15, -0.1) is 0 Å². The Hall–Kier alpha value is -3.28. The lowest BCUT2D eigenvalue weighted by atomic mass is 9.74. The SMILES string of the molecule is Cc1ccc(N2CC(C(=O)N=C3C=CC4C(=C3)NC(=O)C=C4C(C)(C)C)CC2=O)cc1C. The second kappa shape index (κ2) is 8.01. The van der Waals surface area contributed by atoms with Crippen molar-refractivity contribution in [3.05, 3.63) is 64.9 Å². The van der Waals surface area contributed by atoms with Gasteiger partial charge in [0.25, 0.3) is 5.91 Å². The van der Waals surface area contributed by atoms with Crippen molar-refractivity contribution in [2.45, 2.75) is 41.0 Å². The van der Waals surface area contributed by atoms with Crippen molar-refractivity contribution in [1.82, 2.24) is 5.32 Å². The highest BCUT2D eigenvalue weighted by Gasteiger charge is 2.36. The minimum Gasteiger partial charge on any atom is -0.325 e. The summed E-state index contributed by atoms with van der Waals surface area (Å²) in [5.74, 6) is -1.05. The fraction of sp³-hybridized carbons (Fsp3) is 0.385. The molecule has 2 heterocycles. The average molecular weight is 432 g/mol. The normalized spacial score (nSPS) is 24.3. The molecule has 1 aliphatic carbocycles. The number of fused-ring (bicyclic) bond motifs is 1. The summed E-state index contributed by atoms with van der Waals surface area (Å²) < 4.78 is 0. The molecule has 0 saturated carbocycles. The molecule has 32 heavy (non-hydrogen) atoms. The Morgan fingerprint density at radius 2 is 1.88 bits per heavy atom. The van der Waals surface area contributed by atoms with Gasteiger partial charge in [-0.3, -0.25) is 14.4 Å². The first-order valence-corrected chi connectivity index (χ1v) is 11.0. The van der Waals surface area contributed by atoms with Gasteiger partial charge in [0.05, 0.1) is 11.6 Å². The number of aliphatic imine (C=N–C) groups is 1. The van der Waals surface area contributed by atoms with E-state index in [9.17, 15) is 14.4 Å². The Balaban J connectivity index is 1.51. The standard InChI is InChI=1S/C26H29N3O3/c1-15-6-8-19(10-16(15)2)29-14-17(11-24(29)31)25(32)27-18-7-9-20-21(26(3,4)5)13-23(30)28-22(20)12-18/h6-10,12-13,17,20H,11,14H2,1-5H3,(H,28,30). The van der Waals surface area contributed by atoms with Crippen LogP contribution in [-0.4, -0.2) is 30.0 Å². The quantitative estimate of drug-likeness (QED) is 0.774. The number of benzene rings is 1. The highest BCUT2D eigenvalue weighted by atomic mass is 16.2. The van der Waals surface area contributed by atoms with E-state index in [1.165, 1.54) is 0 Å². The van der Waals surface area contributed by atoms with Crippen LogP contribution in [0.2, 0.25) is 0 Å². The second-order valence-corrected chi connectivity index (χ2v) is 9.82. The molecule has 1 saturated heterocycles. The Morgan fingerprint density at radius 1 is 1.12 bits per heavy atom. The topological polar surface area (TPSA) is 78.8 Å². The molecule has 6 heteroatoms. The van der Waals surface area contributed by atoms with Gasteiger partial charge < -0.3 is 10.2 Å². The lowest BCUT2D eigenvalue weighted by Crippen LogP contribution is -2.36. The van der Waals surface area contributed by atoms with Gasteiger partial charge >= 0.3 is 0 Å². The third-order valence-corrected chi connectivity index (χ3v) is 6.37. The van der Waals surface area contributed by atoms with Crippen molar-refractivity contribution in [2.24, 2.45) is 22.2 Å². The Labute approximate surface area is 188 Å². The number of amides is 3. The number of hydrogen-bond donors (Lipinski definition) is 1. The molecule has 166 valence electrons. The molecular formula is C26H29N3O3. The summed E-state index contributed by atoms with van der Waals surface area (Å²) in [5.41, 5.74) is 5.18. The van der Waals surface area contributed by atoms with Crippen molar-refractivity contribution < 1.29 is 14.4 Å². The molecule has 2 unspecified atom stereocenters. The molecule has 1 N–H and O–H groups in total. The molecule has 3 amide bonds. The van der Waals surface area contributed by atoms with E-state index < -0.39 is 5.92 Å². The summed E-state index contributed by atoms with van der Waals surface area (Å²) in [6.45, 7) is 10.6. The van der Waals surface area contributed by atoms with Gasteiger partial charge in [-0.1, -0.05) is 32.9 Å². The zero-order valence-corrected chi connectivity index (χ0v) is 19.2. The van der Waals surface area contributed by atoms with Gasteiger partial charge in [0.2, 0.25) is 11.8 Å². The molecule has 0 radical (unpaired) electrons. The summed E-state index contributed by atoms with van der Waals surface area (Å²) in [6.07, 6.45) is 7.36. The van der Waals surface area contributed by atoms with Gasteiger partial charge in [0, 0.05) is 36.3 Å². The second-order valence-electron chi connectivity index (χ2n) is 9.82. The van der Waals surface area contributed by atoms with E-state index in [1.807, 2.05) is 44.2 Å². The van der Waals surface area contributed by atoms with E-state index in [4.69, 9.17) is 0 Å². The van der Waals surface area contributed by atoms with Crippen LogP contribution in [0.4, 0.5) is 5.69 Å². The van der Waals surface area contributed by atoms with Crippen LogP contribution in [0.1, 0.15) is 38.3 Å². The van der Waals surface area contributed by atoms with Gasteiger partial charge in [0.15, 0.2) is 0 Å². The molecule has 2 aliphatic heterocycles. The van der Waals surface area contributed by atoms with Crippen molar-refractivity contribution in [1.29, 1.82) is 0 Å². The van der Waals surface area contributed by atoms with Gasteiger partial charge in [-0.05, 0) is 60.2 Å². The largest absolute Gasteiger partial charge is 0.325 e. The van der Waals surface area contributed by atoms with Crippen LogP contribution in [0, 0.1) is 31.1 Å². The van der Waals surface area contributed by atoms with E-state index in [1.54, 1.807) is 17.1 Å². The lowest BCUT2D eigenvalue weighted by Gasteiger charge is -2.34. The van der Waals surface area contributed by atoms with Crippen molar-refractivity contribution in [2.75, 3.05) is 11.4 Å². The first-order valence-electron chi connectivity index (χ1n) is 11.0. The zero-order valence-electron chi connectivity index (χ0n) is 19.2. The van der Waals surface area contributed by atoms with Crippen molar-refractivity contribution in [3.8, 4) is 0 Å². The number of allylic oxidation sites excluding steroid dienone is 3. The fourth-order valence-corrected chi connectivity index (χ4v) is 4.38. The molecule has 1 fully saturated rings. The Bertz CT molecular complexity index is 1130. The summed E-state index contributed by atoms with van der Waals surface area (Å²) in [7, 11) is 0. The van der Waals surface area contributed by atoms with Crippen LogP contribution in [-0.2, 0) is 14.4 Å². The maximum Gasteiger partial charge on any atom is 0.251 e. The predicted octanol–water partition coefficient (Wildman–Crippen LogP) is 3.80. The zero-order chi connectivity index (χ0) is 23.2. The van der Waals surface area contributed by atoms with E-state index in [2.05, 4.69) is 31.1 Å².